The van der Waals surface area contributed by atoms with Gasteiger partial charge in [0.2, 0.25) is 0 Å². The molecule has 0 aliphatic carbocycles. The van der Waals surface area contributed by atoms with Crippen molar-refractivity contribution in [1.29, 1.82) is 0 Å². The Morgan fingerprint density at radius 1 is 1.07 bits per heavy atom. The van der Waals surface area contributed by atoms with Gasteiger partial charge in [0.1, 0.15) is 6.10 Å². The van der Waals surface area contributed by atoms with Crippen LogP contribution >= 0.6 is 0 Å². The predicted molar refractivity (Wildman–Crippen MR) is 127 cm³/mol. The molecule has 1 aliphatic heterocycles. The number of carbonyl (C=O) groups excluding carboxylic acids is 1. The molecule has 0 spiro atoms. The molecule has 1 heterocycles. The third-order valence-corrected chi connectivity index (χ3v) is 12.2. The van der Waals surface area contributed by atoms with E-state index in [1.165, 1.54) is 25.7 Å². The number of unbranched alkanes of at least 4 members (excludes halogenated alkanes) is 5. The SMILES string of the molecule is CCCCCC[C@H]1CCCC(=O)[C@@H](CCCCCO[Si](C)(C)C(C)(C)C(C)C)O1. The van der Waals surface area contributed by atoms with E-state index in [4.69, 9.17) is 9.16 Å². The van der Waals surface area contributed by atoms with Crippen molar-refractivity contribution in [3.05, 3.63) is 0 Å². The highest BCUT2D eigenvalue weighted by Gasteiger charge is 2.43. The number of ether oxygens (including phenoxy) is 1. The molecule has 29 heavy (non-hydrogen) atoms. The first-order valence-electron chi connectivity index (χ1n) is 12.4. The summed E-state index contributed by atoms with van der Waals surface area (Å²) < 4.78 is 12.7. The second-order valence-corrected chi connectivity index (χ2v) is 15.1. The summed E-state index contributed by atoms with van der Waals surface area (Å²) in [6.07, 6.45) is 13.3. The minimum atomic E-state index is -1.71. The minimum absolute atomic E-state index is 0.153. The van der Waals surface area contributed by atoms with E-state index >= 15 is 0 Å². The molecule has 0 aromatic rings. The summed E-state index contributed by atoms with van der Waals surface area (Å²) in [4.78, 5) is 12.4. The summed E-state index contributed by atoms with van der Waals surface area (Å²) in [5.41, 5.74) is 0. The minimum Gasteiger partial charge on any atom is -0.417 e. The van der Waals surface area contributed by atoms with Crippen molar-refractivity contribution < 1.29 is 14.0 Å². The van der Waals surface area contributed by atoms with Gasteiger partial charge in [0.15, 0.2) is 14.1 Å². The molecule has 1 fully saturated rings. The molecule has 0 amide bonds. The van der Waals surface area contributed by atoms with Crippen LogP contribution in [0, 0.1) is 5.92 Å². The van der Waals surface area contributed by atoms with Gasteiger partial charge in [-0.1, -0.05) is 73.1 Å². The zero-order valence-corrected chi connectivity index (χ0v) is 21.6. The van der Waals surface area contributed by atoms with Crippen molar-refractivity contribution >= 4 is 14.1 Å². The van der Waals surface area contributed by atoms with E-state index in [-0.39, 0.29) is 11.1 Å². The average Bonchev–Trinajstić information content (AvgIpc) is 2.82. The Morgan fingerprint density at radius 3 is 2.38 bits per heavy atom. The van der Waals surface area contributed by atoms with Gasteiger partial charge in [0.05, 0.1) is 6.10 Å². The van der Waals surface area contributed by atoms with Gasteiger partial charge in [-0.2, -0.15) is 0 Å². The maximum atomic E-state index is 12.4. The maximum absolute atomic E-state index is 12.4. The quantitative estimate of drug-likeness (QED) is 0.211. The fourth-order valence-corrected chi connectivity index (χ4v) is 6.52. The molecule has 1 rings (SSSR count). The number of Topliss-reactive ketones (excluding diaryl/α,β-unsaturated/α-hetero) is 1. The van der Waals surface area contributed by atoms with Gasteiger partial charge >= 0.3 is 0 Å². The van der Waals surface area contributed by atoms with Crippen molar-refractivity contribution in [2.75, 3.05) is 6.61 Å². The topological polar surface area (TPSA) is 35.5 Å². The molecule has 0 saturated carbocycles. The van der Waals surface area contributed by atoms with Crippen LogP contribution in [-0.2, 0) is 14.0 Å². The van der Waals surface area contributed by atoms with E-state index in [9.17, 15) is 4.79 Å². The normalized spacial score (nSPS) is 21.6. The fraction of sp³-hybridized carbons (Fsp3) is 0.960. The monoisotopic (exact) mass is 426 g/mol. The van der Waals surface area contributed by atoms with Crippen LogP contribution in [0.2, 0.25) is 18.1 Å². The lowest BCUT2D eigenvalue weighted by atomic mass is 9.99. The lowest BCUT2D eigenvalue weighted by Gasteiger charge is -2.42. The molecule has 1 saturated heterocycles. The van der Waals surface area contributed by atoms with E-state index in [0.717, 1.165) is 51.6 Å². The average molecular weight is 427 g/mol. The van der Waals surface area contributed by atoms with Crippen molar-refractivity contribution in [3.63, 3.8) is 0 Å². The largest absolute Gasteiger partial charge is 0.417 e. The van der Waals surface area contributed by atoms with Crippen molar-refractivity contribution in [1.82, 2.24) is 0 Å². The highest BCUT2D eigenvalue weighted by atomic mass is 28.4. The van der Waals surface area contributed by atoms with Gasteiger partial charge in [-0.3, -0.25) is 4.79 Å². The Morgan fingerprint density at radius 2 is 1.72 bits per heavy atom. The summed E-state index contributed by atoms with van der Waals surface area (Å²) in [5.74, 6) is 0.974. The Labute approximate surface area is 182 Å². The molecule has 2 atom stereocenters. The summed E-state index contributed by atoms with van der Waals surface area (Å²) in [7, 11) is -1.71. The van der Waals surface area contributed by atoms with Gasteiger partial charge in [0, 0.05) is 13.0 Å². The van der Waals surface area contributed by atoms with Crippen LogP contribution in [0.5, 0.6) is 0 Å². The van der Waals surface area contributed by atoms with Crippen LogP contribution in [0.15, 0.2) is 0 Å². The number of hydrogen-bond donors (Lipinski definition) is 0. The van der Waals surface area contributed by atoms with Gasteiger partial charge < -0.3 is 9.16 Å². The molecule has 0 aromatic heterocycles. The Hall–Kier alpha value is -0.193. The van der Waals surface area contributed by atoms with Crippen molar-refractivity contribution in [3.8, 4) is 0 Å². The van der Waals surface area contributed by atoms with Crippen molar-refractivity contribution in [2.45, 2.75) is 142 Å². The van der Waals surface area contributed by atoms with Crippen LogP contribution in [0.1, 0.15) is 112 Å². The van der Waals surface area contributed by atoms with Gasteiger partial charge in [0.25, 0.3) is 0 Å². The molecule has 3 nitrogen and oxygen atoms in total. The number of rotatable bonds is 14. The molecular weight excluding hydrogens is 376 g/mol. The van der Waals surface area contributed by atoms with E-state index in [2.05, 4.69) is 47.7 Å². The molecular formula is C25H50O3Si. The summed E-state index contributed by atoms with van der Waals surface area (Å²) >= 11 is 0. The van der Waals surface area contributed by atoms with E-state index in [1.807, 2.05) is 0 Å². The van der Waals surface area contributed by atoms with Crippen LogP contribution in [-0.4, -0.2) is 32.9 Å². The zero-order chi connectivity index (χ0) is 21.9. The van der Waals surface area contributed by atoms with E-state index in [0.29, 0.717) is 24.2 Å². The molecule has 0 aromatic carbocycles. The Bertz CT molecular complexity index is 459. The van der Waals surface area contributed by atoms with Crippen LogP contribution in [0.25, 0.3) is 0 Å². The lowest BCUT2D eigenvalue weighted by Crippen LogP contribution is -2.45. The summed E-state index contributed by atoms with van der Waals surface area (Å²) in [6, 6.07) is 0. The predicted octanol–water partition coefficient (Wildman–Crippen LogP) is 7.68. The first kappa shape index (κ1) is 26.8. The molecule has 0 unspecified atom stereocenters. The Balaban J connectivity index is 2.30. The third kappa shape index (κ3) is 9.22. The highest BCUT2D eigenvalue weighted by Crippen LogP contribution is 2.44. The molecule has 1 aliphatic rings. The van der Waals surface area contributed by atoms with Crippen LogP contribution < -0.4 is 0 Å². The molecule has 172 valence electrons. The van der Waals surface area contributed by atoms with E-state index in [1.54, 1.807) is 0 Å². The number of hydrogen-bond acceptors (Lipinski definition) is 3. The lowest BCUT2D eigenvalue weighted by molar-refractivity contribution is -0.132. The molecule has 0 bridgehead atoms. The molecule has 0 radical (unpaired) electrons. The van der Waals surface area contributed by atoms with Gasteiger partial charge in [-0.15, -0.1) is 0 Å². The first-order valence-corrected chi connectivity index (χ1v) is 15.3. The molecule has 0 N–H and O–H groups in total. The van der Waals surface area contributed by atoms with Gasteiger partial charge in [-0.05, 0) is 56.2 Å². The third-order valence-electron chi connectivity index (χ3n) is 7.61. The van der Waals surface area contributed by atoms with Crippen molar-refractivity contribution in [2.24, 2.45) is 5.92 Å². The number of carbonyl (C=O) groups is 1. The van der Waals surface area contributed by atoms with Crippen LogP contribution in [0.4, 0.5) is 0 Å². The Kier molecular flexibility index (Phi) is 12.3. The fourth-order valence-electron chi connectivity index (χ4n) is 4.10. The van der Waals surface area contributed by atoms with Crippen LogP contribution in [0.3, 0.4) is 0 Å². The summed E-state index contributed by atoms with van der Waals surface area (Å²) in [5, 5.41) is 0.278. The smallest absolute Gasteiger partial charge is 0.192 e. The second-order valence-electron chi connectivity index (χ2n) is 10.5. The zero-order valence-electron chi connectivity index (χ0n) is 20.6. The highest BCUT2D eigenvalue weighted by molar-refractivity contribution is 6.74. The standard InChI is InChI=1S/C25H50O3Si/c1-8-9-10-12-16-22-17-15-18-23(26)24(28-22)19-13-11-14-20-27-29(6,7)25(4,5)21(2)3/h21-22,24H,8-20H2,1-7H3/t22-,24+/m0/s1. The van der Waals surface area contributed by atoms with E-state index < -0.39 is 8.32 Å². The summed E-state index contributed by atoms with van der Waals surface area (Å²) in [6.45, 7) is 17.1. The second kappa shape index (κ2) is 13.3. The maximum Gasteiger partial charge on any atom is 0.192 e. The molecule has 4 heteroatoms. The number of ketones is 1. The van der Waals surface area contributed by atoms with Gasteiger partial charge in [-0.25, -0.2) is 0 Å². The first-order chi connectivity index (χ1) is 13.6.